The van der Waals surface area contributed by atoms with E-state index in [4.69, 9.17) is 14.6 Å². The van der Waals surface area contributed by atoms with Gasteiger partial charge in [-0.1, -0.05) is 24.8 Å². The third kappa shape index (κ3) is 7.18. The number of carbonyl (C=O) groups is 3. The second kappa shape index (κ2) is 10.9. The first-order chi connectivity index (χ1) is 14.0. The Labute approximate surface area is 166 Å². The Balaban J connectivity index is 1.89. The molecule has 0 fully saturated rings. The minimum Gasteiger partial charge on any atom is -0.490 e. The average molecular weight is 397 g/mol. The number of benzene rings is 2. The van der Waals surface area contributed by atoms with Crippen LogP contribution in [0.25, 0.3) is 0 Å². The molecule has 0 aromatic heterocycles. The van der Waals surface area contributed by atoms with E-state index in [1.807, 2.05) is 0 Å². The van der Waals surface area contributed by atoms with E-state index >= 15 is 0 Å². The van der Waals surface area contributed by atoms with Crippen molar-refractivity contribution in [2.45, 2.75) is 0 Å². The van der Waals surface area contributed by atoms with E-state index < -0.39 is 24.4 Å². The molecule has 0 aliphatic heterocycles. The van der Waals surface area contributed by atoms with Gasteiger partial charge in [0.05, 0.1) is 6.21 Å². The molecule has 2 aromatic rings. The van der Waals surface area contributed by atoms with Gasteiger partial charge in [0.1, 0.15) is 18.1 Å². The van der Waals surface area contributed by atoms with Crippen molar-refractivity contribution in [1.29, 1.82) is 0 Å². The lowest BCUT2D eigenvalue weighted by Crippen LogP contribution is -2.32. The minimum absolute atomic E-state index is 0.274. The molecule has 0 spiro atoms. The summed E-state index contributed by atoms with van der Waals surface area (Å²) in [5.41, 5.74) is 2.94. The number of ether oxygens (including phenoxy) is 2. The largest absolute Gasteiger partial charge is 0.490 e. The summed E-state index contributed by atoms with van der Waals surface area (Å²) in [6.45, 7) is 3.39. The summed E-state index contributed by atoms with van der Waals surface area (Å²) in [4.78, 5) is 34.4. The summed E-state index contributed by atoms with van der Waals surface area (Å²) in [7, 11) is 0. The first-order valence-corrected chi connectivity index (χ1v) is 8.41. The molecule has 9 heteroatoms. The molecule has 0 aliphatic carbocycles. The standard InChI is InChI=1S/C20H19N3O6/c1-2-11-28-16-9-7-15(8-10-16)22-19(26)20(27)23-21-12-14-5-3-4-6-17(14)29-13-18(24)25/h2-10,12H,1,11,13H2,(H,22,26)(H,23,27)(H,24,25)/b21-12-. The number of carbonyl (C=O) groups excluding carboxylic acids is 2. The van der Waals surface area contributed by atoms with Gasteiger partial charge in [-0.3, -0.25) is 9.59 Å². The van der Waals surface area contributed by atoms with Crippen LogP contribution in [0, 0.1) is 0 Å². The molecule has 0 atom stereocenters. The van der Waals surface area contributed by atoms with Gasteiger partial charge in [-0.25, -0.2) is 10.2 Å². The number of amides is 2. The second-order valence-electron chi connectivity index (χ2n) is 5.50. The van der Waals surface area contributed by atoms with Crippen molar-refractivity contribution in [3.8, 4) is 11.5 Å². The molecule has 2 amide bonds. The van der Waals surface area contributed by atoms with Crippen molar-refractivity contribution < 1.29 is 29.0 Å². The number of rotatable bonds is 9. The van der Waals surface area contributed by atoms with Crippen LogP contribution in [0.1, 0.15) is 5.56 Å². The molecule has 0 bridgehead atoms. The highest BCUT2D eigenvalue weighted by molar-refractivity contribution is 6.39. The first-order valence-electron chi connectivity index (χ1n) is 8.41. The Morgan fingerprint density at radius 2 is 1.76 bits per heavy atom. The summed E-state index contributed by atoms with van der Waals surface area (Å²) in [5, 5.41) is 14.8. The average Bonchev–Trinajstić information content (AvgIpc) is 2.72. The summed E-state index contributed by atoms with van der Waals surface area (Å²) >= 11 is 0. The number of nitrogens with zero attached hydrogens (tertiary/aromatic N) is 1. The van der Waals surface area contributed by atoms with E-state index in [-0.39, 0.29) is 5.75 Å². The maximum Gasteiger partial charge on any atom is 0.341 e. The van der Waals surface area contributed by atoms with Crippen molar-refractivity contribution in [1.82, 2.24) is 5.43 Å². The first kappa shape index (κ1) is 21.2. The van der Waals surface area contributed by atoms with Gasteiger partial charge in [0.2, 0.25) is 0 Å². The van der Waals surface area contributed by atoms with E-state index in [1.54, 1.807) is 54.6 Å². The topological polar surface area (TPSA) is 126 Å². The highest BCUT2D eigenvalue weighted by Crippen LogP contribution is 2.16. The maximum atomic E-state index is 11.9. The van der Waals surface area contributed by atoms with Gasteiger partial charge >= 0.3 is 17.8 Å². The van der Waals surface area contributed by atoms with Gasteiger partial charge in [0.25, 0.3) is 0 Å². The van der Waals surface area contributed by atoms with Gasteiger partial charge in [0, 0.05) is 11.3 Å². The fraction of sp³-hybridized carbons (Fsp3) is 0.100. The van der Waals surface area contributed by atoms with Gasteiger partial charge in [-0.15, -0.1) is 0 Å². The van der Waals surface area contributed by atoms with Crippen LogP contribution >= 0.6 is 0 Å². The normalized spacial score (nSPS) is 10.2. The van der Waals surface area contributed by atoms with Crippen molar-refractivity contribution in [2.24, 2.45) is 5.10 Å². The van der Waals surface area contributed by atoms with Crippen molar-refractivity contribution in [3.05, 3.63) is 66.7 Å². The SMILES string of the molecule is C=CCOc1ccc(NC(=O)C(=O)N/N=C\c2ccccc2OCC(=O)O)cc1. The molecule has 150 valence electrons. The second-order valence-corrected chi connectivity index (χ2v) is 5.50. The fourth-order valence-electron chi connectivity index (χ4n) is 2.05. The summed E-state index contributed by atoms with van der Waals surface area (Å²) in [6, 6.07) is 13.0. The van der Waals surface area contributed by atoms with Crippen LogP contribution in [0.2, 0.25) is 0 Å². The number of carboxylic acids is 1. The van der Waals surface area contributed by atoms with Crippen molar-refractivity contribution >= 4 is 29.7 Å². The Morgan fingerprint density at radius 1 is 1.03 bits per heavy atom. The van der Waals surface area contributed by atoms with Gasteiger partial charge in [-0.05, 0) is 36.4 Å². The molecule has 3 N–H and O–H groups in total. The zero-order valence-electron chi connectivity index (χ0n) is 15.3. The molecule has 0 unspecified atom stereocenters. The number of aliphatic carboxylic acids is 1. The number of para-hydroxylation sites is 1. The maximum absolute atomic E-state index is 11.9. The third-order valence-electron chi connectivity index (χ3n) is 3.33. The van der Waals surface area contributed by atoms with E-state index in [0.717, 1.165) is 0 Å². The van der Waals surface area contributed by atoms with Gasteiger partial charge in [-0.2, -0.15) is 5.10 Å². The summed E-state index contributed by atoms with van der Waals surface area (Å²) in [5.74, 6) is -2.13. The monoisotopic (exact) mass is 397 g/mol. The Hall–Kier alpha value is -4.14. The Kier molecular flexibility index (Phi) is 7.94. The molecule has 0 saturated carbocycles. The number of hydrogen-bond acceptors (Lipinski definition) is 6. The smallest absolute Gasteiger partial charge is 0.341 e. The van der Waals surface area contributed by atoms with Crippen LogP contribution < -0.4 is 20.2 Å². The van der Waals surface area contributed by atoms with E-state index in [9.17, 15) is 14.4 Å². The number of anilines is 1. The van der Waals surface area contributed by atoms with Gasteiger partial charge < -0.3 is 19.9 Å². The molecule has 0 saturated heterocycles. The van der Waals surface area contributed by atoms with Crippen LogP contribution in [0.4, 0.5) is 5.69 Å². The lowest BCUT2D eigenvalue weighted by molar-refractivity contribution is -0.139. The molecule has 29 heavy (non-hydrogen) atoms. The molecule has 2 rings (SSSR count). The van der Waals surface area contributed by atoms with Crippen LogP contribution in [0.15, 0.2) is 66.3 Å². The number of nitrogens with one attached hydrogen (secondary N) is 2. The molecule has 0 heterocycles. The molecule has 2 aromatic carbocycles. The summed E-state index contributed by atoms with van der Waals surface area (Å²) < 4.78 is 10.4. The lowest BCUT2D eigenvalue weighted by Gasteiger charge is -2.07. The van der Waals surface area contributed by atoms with E-state index in [0.29, 0.717) is 23.6 Å². The molecular weight excluding hydrogens is 378 g/mol. The van der Waals surface area contributed by atoms with Crippen LogP contribution in [-0.2, 0) is 14.4 Å². The van der Waals surface area contributed by atoms with E-state index in [2.05, 4.69) is 22.4 Å². The zero-order chi connectivity index (χ0) is 21.1. The third-order valence-corrected chi connectivity index (χ3v) is 3.33. The molecular formula is C20H19N3O6. The molecule has 0 aliphatic rings. The van der Waals surface area contributed by atoms with Crippen molar-refractivity contribution in [3.63, 3.8) is 0 Å². The van der Waals surface area contributed by atoms with Crippen molar-refractivity contribution in [2.75, 3.05) is 18.5 Å². The Morgan fingerprint density at radius 3 is 2.45 bits per heavy atom. The minimum atomic E-state index is -1.12. The fourth-order valence-corrected chi connectivity index (χ4v) is 2.05. The van der Waals surface area contributed by atoms with Crippen LogP contribution in [-0.4, -0.2) is 42.3 Å². The molecule has 9 nitrogen and oxygen atoms in total. The number of hydrogen-bond donors (Lipinski definition) is 3. The molecule has 0 radical (unpaired) electrons. The zero-order valence-corrected chi connectivity index (χ0v) is 15.3. The van der Waals surface area contributed by atoms with Crippen LogP contribution in [0.5, 0.6) is 11.5 Å². The number of hydrazone groups is 1. The quantitative estimate of drug-likeness (QED) is 0.256. The van der Waals surface area contributed by atoms with Gasteiger partial charge in [0.15, 0.2) is 6.61 Å². The van der Waals surface area contributed by atoms with E-state index in [1.165, 1.54) is 6.21 Å². The highest BCUT2D eigenvalue weighted by Gasteiger charge is 2.13. The summed E-state index contributed by atoms with van der Waals surface area (Å²) in [6.07, 6.45) is 2.85. The highest BCUT2D eigenvalue weighted by atomic mass is 16.5. The predicted octanol–water partition coefficient (Wildman–Crippen LogP) is 1.80. The van der Waals surface area contributed by atoms with Crippen LogP contribution in [0.3, 0.4) is 0 Å². The number of carboxylic acid groups (broad SMARTS) is 1. The predicted molar refractivity (Wildman–Crippen MR) is 106 cm³/mol. The Bertz CT molecular complexity index is 909. The lowest BCUT2D eigenvalue weighted by atomic mass is 10.2.